The number of Topliss-reactive ketones (excluding diaryl/α,β-unsaturated/α-hetero) is 1. The number of carbonyl (C=O) groups excluding carboxylic acids is 3. The molecule has 0 radical (unpaired) electrons. The van der Waals surface area contributed by atoms with Crippen molar-refractivity contribution in [2.24, 2.45) is 34.0 Å². The third-order valence-electron chi connectivity index (χ3n) is 9.15. The fourth-order valence-electron chi connectivity index (χ4n) is 7.54. The molecule has 0 heterocycles. The summed E-state index contributed by atoms with van der Waals surface area (Å²) in [7, 11) is 0. The number of fused-ring (bicyclic) bond motifs is 5. The summed E-state index contributed by atoms with van der Waals surface area (Å²) in [6.45, 7) is 9.37. The van der Waals surface area contributed by atoms with Crippen molar-refractivity contribution < 1.29 is 29.3 Å². The first kappa shape index (κ1) is 24.3. The zero-order valence-electron chi connectivity index (χ0n) is 20.5. The summed E-state index contributed by atoms with van der Waals surface area (Å²) < 4.78 is 5.25. The first-order valence-corrected chi connectivity index (χ1v) is 12.2. The van der Waals surface area contributed by atoms with Gasteiger partial charge >= 0.3 is 5.97 Å². The molecule has 4 aliphatic carbocycles. The van der Waals surface area contributed by atoms with Gasteiger partial charge < -0.3 is 14.9 Å². The molecule has 0 aliphatic heterocycles. The number of esters is 1. The summed E-state index contributed by atoms with van der Waals surface area (Å²) in [4.78, 5) is 37.3. The molecule has 4 rings (SSSR count). The zero-order valence-corrected chi connectivity index (χ0v) is 20.5. The molecule has 0 aromatic heterocycles. The highest BCUT2D eigenvalue weighted by molar-refractivity contribution is 6.01. The summed E-state index contributed by atoms with van der Waals surface area (Å²) in [6.07, 6.45) is 7.70. The van der Waals surface area contributed by atoms with E-state index in [9.17, 15) is 24.6 Å². The second-order valence-electron chi connectivity index (χ2n) is 12.4. The van der Waals surface area contributed by atoms with E-state index in [1.165, 1.54) is 0 Å². The van der Waals surface area contributed by atoms with Crippen LogP contribution in [0, 0.1) is 34.0 Å². The number of rotatable bonds is 4. The van der Waals surface area contributed by atoms with Gasteiger partial charge in [0.2, 0.25) is 5.78 Å². The molecule has 0 aromatic rings. The fourth-order valence-corrected chi connectivity index (χ4v) is 7.54. The molecule has 7 atom stereocenters. The Morgan fingerprint density at radius 1 is 1.21 bits per heavy atom. The van der Waals surface area contributed by atoms with E-state index in [0.29, 0.717) is 19.3 Å². The highest BCUT2D eigenvalue weighted by Gasteiger charge is 2.68. The predicted molar refractivity (Wildman–Crippen MR) is 123 cm³/mol. The molecule has 2 N–H and O–H groups in total. The molecule has 6 nitrogen and oxygen atoms in total. The van der Waals surface area contributed by atoms with Crippen molar-refractivity contribution in [2.75, 3.05) is 6.61 Å². The van der Waals surface area contributed by atoms with Gasteiger partial charge in [-0.1, -0.05) is 46.3 Å². The van der Waals surface area contributed by atoms with Crippen LogP contribution in [-0.4, -0.2) is 46.1 Å². The molecule has 3 saturated carbocycles. The van der Waals surface area contributed by atoms with Crippen molar-refractivity contribution in [3.63, 3.8) is 0 Å². The lowest BCUT2D eigenvalue weighted by Gasteiger charge is -2.59. The maximum Gasteiger partial charge on any atom is 0.306 e. The fraction of sp³-hybridized carbons (Fsp3) is 0.741. The molecule has 0 saturated heterocycles. The van der Waals surface area contributed by atoms with Crippen LogP contribution in [0.15, 0.2) is 23.8 Å². The van der Waals surface area contributed by atoms with Gasteiger partial charge in [0, 0.05) is 16.7 Å². The van der Waals surface area contributed by atoms with Gasteiger partial charge in [-0.3, -0.25) is 14.4 Å². The number of hydrogen-bond donors (Lipinski definition) is 2. The second-order valence-corrected chi connectivity index (χ2v) is 12.4. The van der Waals surface area contributed by atoms with Crippen molar-refractivity contribution in [3.05, 3.63) is 23.8 Å². The van der Waals surface area contributed by atoms with Gasteiger partial charge in [-0.25, -0.2) is 0 Å². The van der Waals surface area contributed by atoms with Gasteiger partial charge in [0.05, 0.1) is 12.5 Å². The summed E-state index contributed by atoms with van der Waals surface area (Å²) in [5, 5.41) is 23.1. The number of hydrogen-bond acceptors (Lipinski definition) is 6. The van der Waals surface area contributed by atoms with Crippen molar-refractivity contribution in [3.8, 4) is 0 Å². The summed E-state index contributed by atoms with van der Waals surface area (Å²) in [5.41, 5.74) is -1.96. The molecule has 182 valence electrons. The van der Waals surface area contributed by atoms with Crippen LogP contribution in [-0.2, 0) is 19.1 Å². The Hall–Kier alpha value is -1.79. The highest BCUT2D eigenvalue weighted by Crippen LogP contribution is 2.67. The van der Waals surface area contributed by atoms with E-state index in [-0.39, 0.29) is 40.8 Å². The van der Waals surface area contributed by atoms with Crippen LogP contribution < -0.4 is 0 Å². The Labute approximate surface area is 196 Å². The number of allylic oxidation sites excluding steroid dienone is 4. The molecular weight excluding hydrogens is 420 g/mol. The Morgan fingerprint density at radius 3 is 2.58 bits per heavy atom. The van der Waals surface area contributed by atoms with Crippen LogP contribution in [0.2, 0.25) is 0 Å². The average molecular weight is 459 g/mol. The first-order valence-electron chi connectivity index (χ1n) is 12.2. The van der Waals surface area contributed by atoms with Gasteiger partial charge in [0.15, 0.2) is 12.4 Å². The summed E-state index contributed by atoms with van der Waals surface area (Å²) in [5.74, 6) is -0.745. The van der Waals surface area contributed by atoms with E-state index in [1.54, 1.807) is 12.2 Å². The standard InChI is InChI=1S/C27H38O6/c1-24(2,3)14-22(31)33-15-21(30)27(32)11-9-19-18-7-6-16-12-17(28)8-10-25(16,4)23(18)20(29)13-26(19,27)5/h8,10,12,18-20,23,29,32H,6-7,9,11,13-15H2,1-5H3/t18-,19-,20?,23+,25-,26-,27-/m0/s1. The van der Waals surface area contributed by atoms with E-state index in [0.717, 1.165) is 18.4 Å². The molecule has 33 heavy (non-hydrogen) atoms. The van der Waals surface area contributed by atoms with Gasteiger partial charge in [-0.15, -0.1) is 0 Å². The number of ether oxygens (including phenoxy) is 1. The minimum absolute atomic E-state index is 0.00194. The minimum Gasteiger partial charge on any atom is -0.458 e. The molecule has 6 heteroatoms. The lowest BCUT2D eigenvalue weighted by molar-refractivity contribution is -0.181. The van der Waals surface area contributed by atoms with Crippen LogP contribution in [0.25, 0.3) is 0 Å². The lowest BCUT2D eigenvalue weighted by atomic mass is 9.46. The quantitative estimate of drug-likeness (QED) is 0.625. The van der Waals surface area contributed by atoms with Gasteiger partial charge in [0.25, 0.3) is 0 Å². The maximum absolute atomic E-state index is 13.2. The first-order chi connectivity index (χ1) is 15.2. The molecule has 0 aromatic carbocycles. The Morgan fingerprint density at radius 2 is 1.91 bits per heavy atom. The molecule has 3 fully saturated rings. The lowest BCUT2D eigenvalue weighted by Crippen LogP contribution is -2.61. The van der Waals surface area contributed by atoms with Crippen molar-refractivity contribution in [2.45, 2.75) is 84.8 Å². The Balaban J connectivity index is 1.55. The molecule has 1 unspecified atom stereocenters. The van der Waals surface area contributed by atoms with Crippen molar-refractivity contribution in [1.29, 1.82) is 0 Å². The van der Waals surface area contributed by atoms with E-state index in [1.807, 2.05) is 33.8 Å². The predicted octanol–water partition coefficient (Wildman–Crippen LogP) is 3.54. The molecule has 0 bridgehead atoms. The van der Waals surface area contributed by atoms with Crippen LogP contribution in [0.3, 0.4) is 0 Å². The van der Waals surface area contributed by atoms with E-state index in [4.69, 9.17) is 4.74 Å². The molecule has 0 spiro atoms. The van der Waals surface area contributed by atoms with Crippen LogP contribution in [0.4, 0.5) is 0 Å². The van der Waals surface area contributed by atoms with Crippen molar-refractivity contribution in [1.82, 2.24) is 0 Å². The normalized spacial score (nSPS) is 42.2. The van der Waals surface area contributed by atoms with E-state index < -0.39 is 35.5 Å². The Bertz CT molecular complexity index is 925. The SMILES string of the molecule is CC(C)(C)CC(=O)OCC(=O)[C@@]1(O)CC[C@H]2[C@@H]3CCC4=CC(=O)C=C[C@]4(C)[C@H]3C(O)C[C@@]21C. The number of ketones is 2. The molecule has 0 amide bonds. The van der Waals surface area contributed by atoms with Crippen LogP contribution >= 0.6 is 0 Å². The van der Waals surface area contributed by atoms with Gasteiger partial charge in [0.1, 0.15) is 5.60 Å². The van der Waals surface area contributed by atoms with E-state index in [2.05, 4.69) is 6.92 Å². The average Bonchev–Trinajstić information content (AvgIpc) is 2.96. The largest absolute Gasteiger partial charge is 0.458 e. The number of carbonyl (C=O) groups is 3. The smallest absolute Gasteiger partial charge is 0.306 e. The van der Waals surface area contributed by atoms with E-state index >= 15 is 0 Å². The number of aliphatic hydroxyl groups excluding tert-OH is 1. The molecular formula is C27H38O6. The summed E-state index contributed by atoms with van der Waals surface area (Å²) in [6, 6.07) is 0. The van der Waals surface area contributed by atoms with Gasteiger partial charge in [-0.05, 0) is 61.5 Å². The third-order valence-corrected chi connectivity index (χ3v) is 9.15. The van der Waals surface area contributed by atoms with Crippen LogP contribution in [0.1, 0.15) is 73.1 Å². The Kier molecular flexibility index (Phi) is 5.81. The monoisotopic (exact) mass is 458 g/mol. The third kappa shape index (κ3) is 3.83. The van der Waals surface area contributed by atoms with Crippen LogP contribution in [0.5, 0.6) is 0 Å². The summed E-state index contributed by atoms with van der Waals surface area (Å²) >= 11 is 0. The van der Waals surface area contributed by atoms with Crippen molar-refractivity contribution >= 4 is 17.5 Å². The topological polar surface area (TPSA) is 101 Å². The zero-order chi connectivity index (χ0) is 24.4. The van der Waals surface area contributed by atoms with Gasteiger partial charge in [-0.2, -0.15) is 0 Å². The minimum atomic E-state index is -1.62. The number of aliphatic hydroxyl groups is 2. The second kappa shape index (κ2) is 7.88. The highest BCUT2D eigenvalue weighted by atomic mass is 16.5. The maximum atomic E-state index is 13.2. The molecule has 4 aliphatic rings.